The third kappa shape index (κ3) is 11.5. The maximum atomic E-state index is 4.93. The molecule has 1 aliphatic heterocycles. The quantitative estimate of drug-likeness (QED) is 0.301. The summed E-state index contributed by atoms with van der Waals surface area (Å²) in [4.78, 5) is 7.48. The molecule has 1 aromatic rings. The van der Waals surface area contributed by atoms with E-state index in [1.54, 1.807) is 0 Å². The highest BCUT2D eigenvalue weighted by Crippen LogP contribution is 2.32. The summed E-state index contributed by atoms with van der Waals surface area (Å²) in [6, 6.07) is 6.87. The first-order valence-electron chi connectivity index (χ1n) is 13.2. The summed E-state index contributed by atoms with van der Waals surface area (Å²) < 4.78 is 0. The van der Waals surface area contributed by atoms with E-state index in [1.165, 1.54) is 54.7 Å². The molecule has 1 saturated heterocycles. The molecule has 0 saturated carbocycles. The van der Waals surface area contributed by atoms with Crippen LogP contribution in [0, 0.1) is 12.3 Å². The van der Waals surface area contributed by atoms with Crippen molar-refractivity contribution in [3.8, 4) is 0 Å². The number of allylic oxidation sites excluding steroid dienone is 3. The first-order valence-corrected chi connectivity index (χ1v) is 13.2. The molecule has 1 aromatic carbocycles. The minimum Gasteiger partial charge on any atom is -0.304 e. The molecule has 0 bridgehead atoms. The van der Waals surface area contributed by atoms with Gasteiger partial charge >= 0.3 is 0 Å². The topological polar surface area (TPSA) is 15.6 Å². The summed E-state index contributed by atoms with van der Waals surface area (Å²) in [6.07, 6.45) is 5.45. The molecule has 34 heavy (non-hydrogen) atoms. The summed E-state index contributed by atoms with van der Waals surface area (Å²) in [5.74, 6) is 0.651. The van der Waals surface area contributed by atoms with Crippen molar-refractivity contribution >= 4 is 5.71 Å². The van der Waals surface area contributed by atoms with Crippen LogP contribution in [-0.4, -0.2) is 30.2 Å². The van der Waals surface area contributed by atoms with Crippen molar-refractivity contribution in [3.63, 3.8) is 0 Å². The fraction of sp³-hybridized carbons (Fsp3) is 0.594. The highest BCUT2D eigenvalue weighted by atomic mass is 15.1. The number of aryl methyl sites for hydroxylation is 1. The van der Waals surface area contributed by atoms with E-state index in [0.29, 0.717) is 11.3 Å². The smallest absolute Gasteiger partial charge is 0.0451 e. The van der Waals surface area contributed by atoms with Gasteiger partial charge in [-0.1, -0.05) is 95.7 Å². The Hall–Kier alpha value is -1.93. The highest BCUT2D eigenvalue weighted by Gasteiger charge is 2.22. The zero-order valence-electron chi connectivity index (χ0n) is 24.4. The van der Waals surface area contributed by atoms with Crippen LogP contribution in [0.2, 0.25) is 0 Å². The average Bonchev–Trinajstić information content (AvgIpc) is 2.79. The summed E-state index contributed by atoms with van der Waals surface area (Å²) >= 11 is 0. The lowest BCUT2D eigenvalue weighted by Crippen LogP contribution is -2.33. The number of hydrogen-bond donors (Lipinski definition) is 0. The maximum Gasteiger partial charge on any atom is 0.0451 e. The SMILES string of the molecule is C=C(C)C(C)(C)C.C=C(C)C/C(=C/C)N=C(C)c1ccc(C)cc1C1CCN(CC)CC1.CC. The van der Waals surface area contributed by atoms with Gasteiger partial charge in [0.25, 0.3) is 0 Å². The molecule has 1 aliphatic rings. The van der Waals surface area contributed by atoms with Crippen molar-refractivity contribution in [1.82, 2.24) is 4.90 Å². The number of aliphatic imine (C=N–C) groups is 1. The molecule has 2 nitrogen and oxygen atoms in total. The monoisotopic (exact) mass is 466 g/mol. The van der Waals surface area contributed by atoms with E-state index >= 15 is 0 Å². The number of piperidine rings is 1. The van der Waals surface area contributed by atoms with Crippen LogP contribution in [0.5, 0.6) is 0 Å². The molecular weight excluding hydrogens is 412 g/mol. The van der Waals surface area contributed by atoms with E-state index in [4.69, 9.17) is 4.99 Å². The summed E-state index contributed by atoms with van der Waals surface area (Å²) in [5.41, 5.74) is 9.09. The van der Waals surface area contributed by atoms with E-state index in [2.05, 4.69) is 105 Å². The lowest BCUT2D eigenvalue weighted by atomic mass is 9.84. The summed E-state index contributed by atoms with van der Waals surface area (Å²) in [6.45, 7) is 34.7. The van der Waals surface area contributed by atoms with Crippen LogP contribution in [0.3, 0.4) is 0 Å². The molecule has 1 heterocycles. The summed E-state index contributed by atoms with van der Waals surface area (Å²) in [7, 11) is 0. The van der Waals surface area contributed by atoms with Crippen LogP contribution >= 0.6 is 0 Å². The van der Waals surface area contributed by atoms with Crippen molar-refractivity contribution in [2.45, 2.75) is 101 Å². The van der Waals surface area contributed by atoms with Crippen LogP contribution in [0.25, 0.3) is 0 Å². The van der Waals surface area contributed by atoms with Gasteiger partial charge in [0, 0.05) is 17.8 Å². The van der Waals surface area contributed by atoms with E-state index in [-0.39, 0.29) is 0 Å². The van der Waals surface area contributed by atoms with Gasteiger partial charge in [0.15, 0.2) is 0 Å². The third-order valence-corrected chi connectivity index (χ3v) is 6.48. The Kier molecular flexibility index (Phi) is 15.0. The second-order valence-corrected chi connectivity index (χ2v) is 10.4. The fourth-order valence-corrected chi connectivity index (χ4v) is 3.70. The predicted molar refractivity (Wildman–Crippen MR) is 156 cm³/mol. The molecule has 1 fully saturated rings. The second kappa shape index (κ2) is 15.9. The highest BCUT2D eigenvalue weighted by molar-refractivity contribution is 6.00. The Morgan fingerprint density at radius 1 is 1.09 bits per heavy atom. The first-order chi connectivity index (χ1) is 15.9. The Morgan fingerprint density at radius 3 is 2.03 bits per heavy atom. The Morgan fingerprint density at radius 2 is 1.62 bits per heavy atom. The van der Waals surface area contributed by atoms with Gasteiger partial charge in [-0.15, -0.1) is 0 Å². The maximum absolute atomic E-state index is 4.93. The van der Waals surface area contributed by atoms with Gasteiger partial charge < -0.3 is 4.90 Å². The van der Waals surface area contributed by atoms with Crippen molar-refractivity contribution < 1.29 is 0 Å². The molecule has 2 heteroatoms. The van der Waals surface area contributed by atoms with E-state index in [9.17, 15) is 0 Å². The van der Waals surface area contributed by atoms with Gasteiger partial charge in [0.2, 0.25) is 0 Å². The first kappa shape index (κ1) is 32.1. The third-order valence-electron chi connectivity index (χ3n) is 6.48. The van der Waals surface area contributed by atoms with Crippen LogP contribution in [0.15, 0.2) is 59.3 Å². The number of rotatable bonds is 6. The van der Waals surface area contributed by atoms with Gasteiger partial charge in [-0.3, -0.25) is 4.99 Å². The zero-order chi connectivity index (χ0) is 26.5. The van der Waals surface area contributed by atoms with Gasteiger partial charge in [-0.2, -0.15) is 0 Å². The lowest BCUT2D eigenvalue weighted by Gasteiger charge is -2.32. The number of likely N-dealkylation sites (tertiary alicyclic amines) is 1. The van der Waals surface area contributed by atoms with Crippen molar-refractivity contribution in [2.75, 3.05) is 19.6 Å². The molecule has 0 spiro atoms. The molecule has 0 aromatic heterocycles. The molecule has 0 atom stereocenters. The molecule has 0 amide bonds. The standard InChI is InChI=1S/C23H34N2.C7H14.C2H6/c1-7-21(15-17(3)4)24-19(6)22-10-9-18(5)16-23(22)20-11-13-25(8-2)14-12-20;1-6(2)7(3,4)5;1-2/h7,9-10,16,20H,3,8,11-15H2,1-2,4-6H3;1H2,2-5H3;1-2H3/b21-7-,24-19?;;. The van der Waals surface area contributed by atoms with Gasteiger partial charge in [-0.05, 0) is 89.6 Å². The lowest BCUT2D eigenvalue weighted by molar-refractivity contribution is 0.222. The van der Waals surface area contributed by atoms with Crippen LogP contribution in [-0.2, 0) is 0 Å². The van der Waals surface area contributed by atoms with Crippen LogP contribution in [0.1, 0.15) is 111 Å². The van der Waals surface area contributed by atoms with E-state index in [0.717, 1.165) is 23.4 Å². The van der Waals surface area contributed by atoms with Crippen molar-refractivity contribution in [2.24, 2.45) is 10.4 Å². The molecular formula is C32H54N2. The molecule has 0 unspecified atom stereocenters. The largest absolute Gasteiger partial charge is 0.304 e. The fourth-order valence-electron chi connectivity index (χ4n) is 3.70. The molecule has 0 aliphatic carbocycles. The van der Waals surface area contributed by atoms with Gasteiger partial charge in [-0.25, -0.2) is 0 Å². The molecule has 0 radical (unpaired) electrons. The van der Waals surface area contributed by atoms with E-state index < -0.39 is 0 Å². The molecule has 2 rings (SSSR count). The van der Waals surface area contributed by atoms with Crippen LogP contribution < -0.4 is 0 Å². The minimum atomic E-state index is 0.306. The van der Waals surface area contributed by atoms with Gasteiger partial charge in [0.05, 0.1) is 0 Å². The number of benzene rings is 1. The van der Waals surface area contributed by atoms with Crippen molar-refractivity contribution in [1.29, 1.82) is 0 Å². The second-order valence-electron chi connectivity index (χ2n) is 10.4. The Balaban J connectivity index is 0.00000104. The Bertz CT molecular complexity index is 825. The van der Waals surface area contributed by atoms with E-state index in [1.807, 2.05) is 13.8 Å². The zero-order valence-corrected chi connectivity index (χ0v) is 24.4. The molecule has 0 N–H and O–H groups in total. The number of hydrogen-bond acceptors (Lipinski definition) is 2. The van der Waals surface area contributed by atoms with Gasteiger partial charge in [0.1, 0.15) is 0 Å². The van der Waals surface area contributed by atoms with Crippen LogP contribution in [0.4, 0.5) is 0 Å². The summed E-state index contributed by atoms with van der Waals surface area (Å²) in [5, 5.41) is 0. The minimum absolute atomic E-state index is 0.306. The predicted octanol–water partition coefficient (Wildman–Crippen LogP) is 9.51. The normalized spacial score (nSPS) is 15.6. The Labute approximate surface area is 213 Å². The average molecular weight is 467 g/mol. The molecule has 192 valence electrons. The number of nitrogens with zero attached hydrogens (tertiary/aromatic N) is 2. The van der Waals surface area contributed by atoms with Crippen molar-refractivity contribution in [3.05, 3.63) is 71.0 Å².